The minimum absolute atomic E-state index is 0.111. The third-order valence-electron chi connectivity index (χ3n) is 3.59. The molecule has 0 bridgehead atoms. The summed E-state index contributed by atoms with van der Waals surface area (Å²) in [6.07, 6.45) is 5.73. The summed E-state index contributed by atoms with van der Waals surface area (Å²) in [5.41, 5.74) is 6.22. The van der Waals surface area contributed by atoms with Crippen LogP contribution < -0.4 is 16.0 Å². The van der Waals surface area contributed by atoms with E-state index in [1.165, 1.54) is 5.56 Å². The highest BCUT2D eigenvalue weighted by atomic mass is 16.5. The summed E-state index contributed by atoms with van der Waals surface area (Å²) in [6.45, 7) is 0.771. The molecule has 5 nitrogen and oxygen atoms in total. The van der Waals surface area contributed by atoms with E-state index in [1.54, 1.807) is 6.33 Å². The molecule has 1 aromatic carbocycles. The minimum Gasteiger partial charge on any atom is -0.493 e. The fourth-order valence-electron chi connectivity index (χ4n) is 2.62. The number of benzene rings is 1. The summed E-state index contributed by atoms with van der Waals surface area (Å²) in [5, 5.41) is 0. The van der Waals surface area contributed by atoms with Gasteiger partial charge in [-0.1, -0.05) is 18.2 Å². The van der Waals surface area contributed by atoms with Gasteiger partial charge in [0.1, 0.15) is 5.75 Å². The first kappa shape index (κ1) is 12.2. The topological polar surface area (TPSA) is 65.1 Å². The molecule has 1 atom stereocenters. The number of nitrogens with two attached hydrogens (primary N) is 1. The van der Waals surface area contributed by atoms with E-state index in [-0.39, 0.29) is 6.04 Å². The number of nitrogens with one attached hydrogen (secondary N) is 1. The van der Waals surface area contributed by atoms with Gasteiger partial charge in [-0.25, -0.2) is 10.4 Å². The van der Waals surface area contributed by atoms with Gasteiger partial charge < -0.3 is 9.30 Å². The molecular weight excluding hydrogens is 240 g/mol. The van der Waals surface area contributed by atoms with Crippen LogP contribution in [0, 0.1) is 0 Å². The second-order valence-corrected chi connectivity index (χ2v) is 4.82. The Hall–Kier alpha value is -1.85. The summed E-state index contributed by atoms with van der Waals surface area (Å²) in [4.78, 5) is 4.15. The Bertz CT molecular complexity index is 579. The molecule has 2 heterocycles. The van der Waals surface area contributed by atoms with Crippen molar-refractivity contribution < 1.29 is 4.74 Å². The van der Waals surface area contributed by atoms with Gasteiger partial charge in [0, 0.05) is 12.6 Å². The summed E-state index contributed by atoms with van der Waals surface area (Å²) in [5.74, 6) is 6.72. The summed E-state index contributed by atoms with van der Waals surface area (Å²) >= 11 is 0. The molecule has 1 aliphatic heterocycles. The summed E-state index contributed by atoms with van der Waals surface area (Å²) < 4.78 is 7.82. The Kier molecular flexibility index (Phi) is 3.23. The van der Waals surface area contributed by atoms with Crippen LogP contribution in [-0.4, -0.2) is 16.2 Å². The number of imidazole rings is 1. The Morgan fingerprint density at radius 1 is 1.47 bits per heavy atom. The average molecular weight is 258 g/mol. The molecular formula is C14H18N4O. The van der Waals surface area contributed by atoms with Crippen molar-refractivity contribution in [2.75, 3.05) is 6.61 Å². The number of hydrogen-bond donors (Lipinski definition) is 2. The molecule has 1 unspecified atom stereocenters. The normalized spacial score (nSPS) is 15.7. The number of hydrazine groups is 1. The van der Waals surface area contributed by atoms with Gasteiger partial charge in [-0.15, -0.1) is 0 Å². The molecule has 0 aliphatic carbocycles. The highest BCUT2D eigenvalue weighted by Crippen LogP contribution is 2.35. The van der Waals surface area contributed by atoms with Crippen LogP contribution in [0.3, 0.4) is 0 Å². The standard InChI is InChI=1S/C14H18N4O/c1-18-9-16-8-12(18)13(17-15)11-6-2-4-10-5-3-7-19-14(10)11/h2,4,6,8-9,13,17H,3,5,7,15H2,1H3. The van der Waals surface area contributed by atoms with Crippen LogP contribution in [-0.2, 0) is 13.5 Å². The average Bonchev–Trinajstić information content (AvgIpc) is 2.86. The van der Waals surface area contributed by atoms with Gasteiger partial charge in [-0.3, -0.25) is 5.84 Å². The lowest BCUT2D eigenvalue weighted by atomic mass is 9.97. The SMILES string of the molecule is Cn1cncc1C(NN)c1cccc2c1OCCC2. The zero-order valence-electron chi connectivity index (χ0n) is 11.0. The first-order chi connectivity index (χ1) is 9.31. The molecule has 1 aliphatic rings. The molecule has 2 aromatic rings. The number of fused-ring (bicyclic) bond motifs is 1. The predicted octanol–water partition coefficient (Wildman–Crippen LogP) is 1.30. The smallest absolute Gasteiger partial charge is 0.127 e. The molecule has 0 saturated heterocycles. The molecule has 0 saturated carbocycles. The maximum absolute atomic E-state index is 5.85. The Morgan fingerprint density at radius 2 is 2.37 bits per heavy atom. The van der Waals surface area contributed by atoms with Crippen molar-refractivity contribution in [1.82, 2.24) is 15.0 Å². The molecule has 19 heavy (non-hydrogen) atoms. The van der Waals surface area contributed by atoms with Crippen molar-refractivity contribution >= 4 is 0 Å². The largest absolute Gasteiger partial charge is 0.493 e. The third kappa shape index (κ3) is 2.11. The van der Waals surface area contributed by atoms with E-state index in [0.29, 0.717) is 0 Å². The van der Waals surface area contributed by atoms with Crippen molar-refractivity contribution in [3.05, 3.63) is 47.5 Å². The molecule has 3 N–H and O–H groups in total. The van der Waals surface area contributed by atoms with Crippen molar-refractivity contribution in [2.45, 2.75) is 18.9 Å². The Labute approximate surface area is 112 Å². The van der Waals surface area contributed by atoms with Gasteiger partial charge in [0.2, 0.25) is 0 Å². The lowest BCUT2D eigenvalue weighted by molar-refractivity contribution is 0.282. The fraction of sp³-hybridized carbons (Fsp3) is 0.357. The Balaban J connectivity index is 2.07. The highest BCUT2D eigenvalue weighted by molar-refractivity contribution is 5.46. The zero-order valence-corrected chi connectivity index (χ0v) is 11.0. The molecule has 0 radical (unpaired) electrons. The number of ether oxygens (including phenoxy) is 1. The van der Waals surface area contributed by atoms with Gasteiger partial charge in [-0.2, -0.15) is 0 Å². The van der Waals surface area contributed by atoms with Gasteiger partial charge in [0.05, 0.1) is 30.9 Å². The molecule has 3 rings (SSSR count). The lowest BCUT2D eigenvalue weighted by Crippen LogP contribution is -2.31. The molecule has 0 fully saturated rings. The van der Waals surface area contributed by atoms with Crippen LogP contribution in [0.4, 0.5) is 0 Å². The lowest BCUT2D eigenvalue weighted by Gasteiger charge is -2.25. The predicted molar refractivity (Wildman–Crippen MR) is 72.6 cm³/mol. The first-order valence-electron chi connectivity index (χ1n) is 6.48. The van der Waals surface area contributed by atoms with Crippen LogP contribution in [0.5, 0.6) is 5.75 Å². The quantitative estimate of drug-likeness (QED) is 0.643. The number of aryl methyl sites for hydroxylation is 2. The number of para-hydroxylation sites is 1. The number of aromatic nitrogens is 2. The third-order valence-corrected chi connectivity index (χ3v) is 3.59. The van der Waals surface area contributed by atoms with E-state index in [4.69, 9.17) is 10.6 Å². The molecule has 0 spiro atoms. The number of nitrogens with zero attached hydrogens (tertiary/aromatic N) is 2. The van der Waals surface area contributed by atoms with Gasteiger partial charge >= 0.3 is 0 Å². The zero-order chi connectivity index (χ0) is 13.2. The van der Waals surface area contributed by atoms with Crippen molar-refractivity contribution in [3.63, 3.8) is 0 Å². The first-order valence-corrected chi connectivity index (χ1v) is 6.48. The van der Waals surface area contributed by atoms with E-state index in [9.17, 15) is 0 Å². The monoisotopic (exact) mass is 258 g/mol. The summed E-state index contributed by atoms with van der Waals surface area (Å²) in [7, 11) is 1.96. The van der Waals surface area contributed by atoms with E-state index in [1.807, 2.05) is 17.8 Å². The maximum Gasteiger partial charge on any atom is 0.127 e. The van der Waals surface area contributed by atoms with Crippen molar-refractivity contribution in [2.24, 2.45) is 12.9 Å². The van der Waals surface area contributed by atoms with Gasteiger partial charge in [0.15, 0.2) is 0 Å². The molecule has 1 aromatic heterocycles. The van der Waals surface area contributed by atoms with Gasteiger partial charge in [0.25, 0.3) is 0 Å². The molecule has 5 heteroatoms. The van der Waals surface area contributed by atoms with Crippen LogP contribution in [0.15, 0.2) is 30.7 Å². The fourth-order valence-corrected chi connectivity index (χ4v) is 2.62. The molecule has 0 amide bonds. The van der Waals surface area contributed by atoms with E-state index in [0.717, 1.165) is 36.5 Å². The highest BCUT2D eigenvalue weighted by Gasteiger charge is 2.23. The maximum atomic E-state index is 5.85. The van der Waals surface area contributed by atoms with E-state index in [2.05, 4.69) is 28.6 Å². The number of rotatable bonds is 3. The van der Waals surface area contributed by atoms with Crippen molar-refractivity contribution in [3.8, 4) is 5.75 Å². The van der Waals surface area contributed by atoms with Crippen LogP contribution in [0.1, 0.15) is 29.3 Å². The van der Waals surface area contributed by atoms with Crippen LogP contribution >= 0.6 is 0 Å². The Morgan fingerprint density at radius 3 is 3.11 bits per heavy atom. The minimum atomic E-state index is -0.111. The number of hydrogen-bond acceptors (Lipinski definition) is 4. The van der Waals surface area contributed by atoms with E-state index >= 15 is 0 Å². The molecule has 100 valence electrons. The second kappa shape index (κ2) is 5.03. The second-order valence-electron chi connectivity index (χ2n) is 4.82. The van der Waals surface area contributed by atoms with E-state index < -0.39 is 0 Å². The van der Waals surface area contributed by atoms with Crippen LogP contribution in [0.25, 0.3) is 0 Å². The van der Waals surface area contributed by atoms with Crippen LogP contribution in [0.2, 0.25) is 0 Å². The van der Waals surface area contributed by atoms with Crippen molar-refractivity contribution in [1.29, 1.82) is 0 Å². The van der Waals surface area contributed by atoms with Gasteiger partial charge in [-0.05, 0) is 18.4 Å². The summed E-state index contributed by atoms with van der Waals surface area (Å²) in [6, 6.07) is 6.13.